The van der Waals surface area contributed by atoms with Gasteiger partial charge in [0.05, 0.1) is 71.9 Å². The highest BCUT2D eigenvalue weighted by Crippen LogP contribution is 2.44. The lowest BCUT2D eigenvalue weighted by Crippen LogP contribution is -2.44. The number of hydrogen-bond donors (Lipinski definition) is 5. The number of fused-ring (bicyclic) bond motifs is 3. The van der Waals surface area contributed by atoms with Crippen LogP contribution in [0.5, 0.6) is 34.9 Å². The molecule has 12 heterocycles. The van der Waals surface area contributed by atoms with E-state index in [4.69, 9.17) is 33.9 Å². The Kier molecular flexibility index (Phi) is 22.0. The van der Waals surface area contributed by atoms with Crippen molar-refractivity contribution in [1.82, 2.24) is 74.1 Å². The first-order chi connectivity index (χ1) is 55.4. The van der Waals surface area contributed by atoms with Gasteiger partial charge in [0.2, 0.25) is 35.4 Å². The fourth-order valence-electron chi connectivity index (χ4n) is 13.8. The van der Waals surface area contributed by atoms with Gasteiger partial charge >= 0.3 is 0 Å². The third-order valence-electron chi connectivity index (χ3n) is 20.2. The average Bonchev–Trinajstić information content (AvgIpc) is 1.61. The van der Waals surface area contributed by atoms with Crippen molar-refractivity contribution in [3.05, 3.63) is 197 Å². The monoisotopic (exact) mass is 1540 g/mol. The number of benzene rings is 3. The molecule has 5 aliphatic rings. The van der Waals surface area contributed by atoms with Gasteiger partial charge in [0.15, 0.2) is 34.7 Å². The van der Waals surface area contributed by atoms with Crippen LogP contribution in [0.25, 0.3) is 47.2 Å². The van der Waals surface area contributed by atoms with Crippen LogP contribution in [-0.4, -0.2) is 167 Å². The smallest absolute Gasteiger partial charge is 0.288 e. The molecule has 0 spiro atoms. The second kappa shape index (κ2) is 33.1. The number of carbonyl (C=O) groups excluding carboxylic acids is 3. The van der Waals surface area contributed by atoms with E-state index in [2.05, 4.69) is 113 Å². The number of likely N-dealkylation sites (N-methyl/N-ethyl adjacent to an activating group) is 1. The lowest BCUT2D eigenvalue weighted by atomic mass is 10.2. The molecule has 30 nitrogen and oxygen atoms in total. The minimum absolute atomic E-state index is 0.000368. The number of halogens is 3. The zero-order valence-corrected chi connectivity index (χ0v) is 62.9. The van der Waals surface area contributed by atoms with Crippen LogP contribution in [0.1, 0.15) is 70.5 Å². The lowest BCUT2D eigenvalue weighted by molar-refractivity contribution is 0.0881. The van der Waals surface area contributed by atoms with Gasteiger partial charge in [0, 0.05) is 130 Å². The Bertz CT molecular complexity index is 5790. The Morgan fingerprint density at radius 1 is 0.447 bits per heavy atom. The first kappa shape index (κ1) is 75.7. The van der Waals surface area contributed by atoms with Crippen LogP contribution in [0.4, 0.5) is 82.2 Å². The molecule has 0 atom stereocenters. The fraction of sp³-hybridized carbons (Fsp3) is 0.296. The van der Waals surface area contributed by atoms with Crippen LogP contribution >= 0.6 is 0 Å². The molecule has 12 aromatic rings. The quantitative estimate of drug-likeness (QED) is 0.0499. The molecule has 5 N–H and O–H groups in total. The molecule has 5 fully saturated rings. The number of carbonyl (C=O) groups is 3. The summed E-state index contributed by atoms with van der Waals surface area (Å²) in [5.74, 6) is -0.488. The van der Waals surface area contributed by atoms with Crippen molar-refractivity contribution in [1.29, 1.82) is 0 Å². The third-order valence-corrected chi connectivity index (χ3v) is 20.2. The average molecular weight is 1540 g/mol. The lowest BCUT2D eigenvalue weighted by Gasteiger charge is -2.33. The molecule has 3 aromatic carbocycles. The van der Waals surface area contributed by atoms with Crippen molar-refractivity contribution in [2.45, 2.75) is 59.8 Å². The molecule has 3 saturated heterocycles. The second-order valence-corrected chi connectivity index (χ2v) is 27.9. The number of aromatic nitrogens is 12. The molecule has 3 aliphatic heterocycles. The molecule has 0 bridgehead atoms. The molecule has 0 unspecified atom stereocenters. The van der Waals surface area contributed by atoms with E-state index in [0.29, 0.717) is 57.5 Å². The van der Waals surface area contributed by atoms with Gasteiger partial charge in [-0.15, -0.1) is 0 Å². The molecule has 114 heavy (non-hydrogen) atoms. The van der Waals surface area contributed by atoms with Crippen molar-refractivity contribution in [3.8, 4) is 34.9 Å². The molecular weight excluding hydrogens is 1460 g/mol. The molecule has 9 aromatic heterocycles. The van der Waals surface area contributed by atoms with Crippen LogP contribution in [0, 0.1) is 69.8 Å². The maximum Gasteiger partial charge on any atom is 0.288 e. The van der Waals surface area contributed by atoms with Gasteiger partial charge in [-0.25, -0.2) is 72.6 Å². The minimum Gasteiger partial charge on any atom is -0.446 e. The summed E-state index contributed by atoms with van der Waals surface area (Å²) < 4.78 is 68.3. The number of ether oxygens (including phenoxy) is 3. The standard InChI is InChI=1S/C28H27FN8O2.C27H25FN8O2.C26H25FN8O2/c1-17-14-20-21(37(17)28(38)18-4-5-18)7-8-22(24(20)29)39-27-25(30-2)26(32-16-33-27)34-23-9-6-19(15-31-23)36-12-10-35(3)11-13-36;1-16-13-19-20(36(16)27(37)17-3-4-17)6-7-21(23(19)28)38-26-24(29-2)25(32-15-33-26)34-22-8-5-18(14-31-22)35-11-9-30-10-12-35;1-4-22(36)35-16(2)13-18-19(35)6-7-20(23(18)27)37-26-24(28-3)25(31-15-32-26)33-21-8-5-17(14-30-21)34-11-9-29-10-12-34/h6-9,14-16,18H,4-5,10-13H2,1,3H3,(H,31,32,33,34);5-8,13-15,17,30H,3-4,9-12H2,1H3,(H,31,32,33,34);5-8,13-15,29H,4,9-12H2,1-2H3,(H,30,31,32,33). The SMILES string of the molecule is [C-]#[N+]c1c(Nc2ccc(N3CCN(C)CC3)cn2)ncnc1Oc1ccc2c(cc(C)n2C(=O)C2CC2)c1F.[C-]#[N+]c1c(Nc2ccc(N3CCNCC3)cn2)ncnc1Oc1ccc2c(cc(C)n2C(=O)C2CC2)c1F.[C-]#[N+]c1c(Nc2ccc(N3CCNCC3)cn2)ncnc1Oc1ccc2c(cc(C)n2C(=O)CC)c1F. The number of rotatable bonds is 18. The first-order valence-corrected chi connectivity index (χ1v) is 37.2. The summed E-state index contributed by atoms with van der Waals surface area (Å²) >= 11 is 0. The van der Waals surface area contributed by atoms with Gasteiger partial charge in [-0.2, -0.15) is 0 Å². The van der Waals surface area contributed by atoms with E-state index >= 15 is 13.2 Å². The van der Waals surface area contributed by atoms with Gasteiger partial charge in [-0.1, -0.05) is 6.92 Å². The number of nitrogens with one attached hydrogen (secondary N) is 5. The highest BCUT2D eigenvalue weighted by atomic mass is 19.1. The number of nitrogens with zero attached hydrogens (tertiary/aromatic N) is 19. The second-order valence-electron chi connectivity index (χ2n) is 27.9. The molecule has 0 amide bonds. The summed E-state index contributed by atoms with van der Waals surface area (Å²) in [6.45, 7) is 41.3. The Labute approximate surface area is 652 Å². The number of anilines is 9. The predicted molar refractivity (Wildman–Crippen MR) is 425 cm³/mol. The van der Waals surface area contributed by atoms with E-state index in [0.717, 1.165) is 121 Å². The van der Waals surface area contributed by atoms with Gasteiger partial charge in [-0.05, 0) is 144 Å². The summed E-state index contributed by atoms with van der Waals surface area (Å²) in [7, 11) is 2.11. The third kappa shape index (κ3) is 16.0. The molecular formula is C81H77F3N24O6. The number of pyridine rings is 3. The first-order valence-electron chi connectivity index (χ1n) is 37.2. The highest BCUT2D eigenvalue weighted by Gasteiger charge is 2.35. The van der Waals surface area contributed by atoms with E-state index in [1.54, 1.807) is 91.8 Å². The van der Waals surface area contributed by atoms with Gasteiger partial charge < -0.3 is 60.4 Å². The van der Waals surface area contributed by atoms with E-state index in [1.807, 2.05) is 36.4 Å². The van der Waals surface area contributed by atoms with Crippen LogP contribution < -0.4 is 55.5 Å². The summed E-state index contributed by atoms with van der Waals surface area (Å²) in [4.78, 5) is 95.6. The van der Waals surface area contributed by atoms with E-state index in [1.165, 1.54) is 41.7 Å². The highest BCUT2D eigenvalue weighted by molar-refractivity contribution is 5.98. The van der Waals surface area contributed by atoms with Crippen molar-refractivity contribution < 1.29 is 41.8 Å². The van der Waals surface area contributed by atoms with Crippen molar-refractivity contribution in [3.63, 3.8) is 0 Å². The summed E-state index contributed by atoms with van der Waals surface area (Å²) in [6.07, 6.45) is 12.8. The summed E-state index contributed by atoms with van der Waals surface area (Å²) in [5.41, 5.74) is 6.46. The zero-order valence-electron chi connectivity index (χ0n) is 62.9. The molecule has 2 saturated carbocycles. The van der Waals surface area contributed by atoms with Gasteiger partial charge in [0.1, 0.15) is 53.9 Å². The van der Waals surface area contributed by atoms with Crippen LogP contribution in [0.2, 0.25) is 0 Å². The number of piperazine rings is 3. The van der Waals surface area contributed by atoms with Crippen molar-refractivity contribution in [2.75, 3.05) is 116 Å². The maximum atomic E-state index is 15.5. The molecule has 0 radical (unpaired) electrons. The minimum atomic E-state index is -0.641. The van der Waals surface area contributed by atoms with Crippen molar-refractivity contribution >= 4 is 119 Å². The Hall–Kier alpha value is -13.7. The summed E-state index contributed by atoms with van der Waals surface area (Å²) in [6, 6.07) is 25.5. The molecule has 17 rings (SSSR count). The molecule has 33 heteroatoms. The topological polar surface area (TPSA) is 296 Å². The molecule has 2 aliphatic carbocycles. The Balaban J connectivity index is 0.000000135. The number of hydrogen-bond acceptors (Lipinski definition) is 24. The Morgan fingerprint density at radius 3 is 1.08 bits per heavy atom. The van der Waals surface area contributed by atoms with E-state index in [9.17, 15) is 14.4 Å². The van der Waals surface area contributed by atoms with E-state index < -0.39 is 17.5 Å². The van der Waals surface area contributed by atoms with Crippen LogP contribution in [0.3, 0.4) is 0 Å². The summed E-state index contributed by atoms with van der Waals surface area (Å²) in [5, 5.41) is 16.6. The normalized spacial score (nSPS) is 14.9. The van der Waals surface area contributed by atoms with Crippen LogP contribution in [-0.2, 0) is 0 Å². The largest absolute Gasteiger partial charge is 0.446 e. The molecule has 578 valence electrons. The fourth-order valence-corrected chi connectivity index (χ4v) is 13.8. The van der Waals surface area contributed by atoms with Gasteiger partial charge in [-0.3, -0.25) is 28.1 Å². The van der Waals surface area contributed by atoms with Crippen molar-refractivity contribution in [2.24, 2.45) is 11.8 Å². The Morgan fingerprint density at radius 2 is 0.772 bits per heavy atom. The number of aryl methyl sites for hydroxylation is 3. The van der Waals surface area contributed by atoms with E-state index in [-0.39, 0.29) is 115 Å². The van der Waals surface area contributed by atoms with Crippen LogP contribution in [0.15, 0.2) is 129 Å². The predicted octanol–water partition coefficient (Wildman–Crippen LogP) is 14.8. The van der Waals surface area contributed by atoms with Gasteiger partial charge in [0.25, 0.3) is 17.1 Å². The maximum absolute atomic E-state index is 15.5. The zero-order chi connectivity index (χ0) is 79.3.